The number of ketones is 1. The fourth-order valence-electron chi connectivity index (χ4n) is 4.02. The summed E-state index contributed by atoms with van der Waals surface area (Å²) in [6.45, 7) is 3.37. The van der Waals surface area contributed by atoms with Crippen molar-refractivity contribution in [1.29, 1.82) is 0 Å². The smallest absolute Gasteiger partial charge is 0.490 e. The number of aliphatic carboxylic acids is 2. The Morgan fingerprint density at radius 2 is 1.73 bits per heavy atom. The zero-order valence-corrected chi connectivity index (χ0v) is 20.0. The Kier molecular flexibility index (Phi) is 8.98. The third-order valence-corrected chi connectivity index (χ3v) is 5.95. The molecule has 1 saturated heterocycles. The van der Waals surface area contributed by atoms with Gasteiger partial charge in [0.15, 0.2) is 23.9 Å². The molecule has 9 nitrogen and oxygen atoms in total. The zero-order chi connectivity index (χ0) is 27.2. The van der Waals surface area contributed by atoms with Crippen molar-refractivity contribution >= 4 is 23.4 Å². The Morgan fingerprint density at radius 3 is 2.32 bits per heavy atom. The number of halogens is 3. The van der Waals surface area contributed by atoms with Gasteiger partial charge in [0.05, 0.1) is 7.11 Å². The van der Waals surface area contributed by atoms with Gasteiger partial charge in [0.1, 0.15) is 0 Å². The van der Waals surface area contributed by atoms with Crippen LogP contribution in [0.4, 0.5) is 18.9 Å². The summed E-state index contributed by atoms with van der Waals surface area (Å²) in [4.78, 5) is 35.0. The lowest BCUT2D eigenvalue weighted by atomic mass is 10.0. The summed E-state index contributed by atoms with van der Waals surface area (Å²) in [5.74, 6) is -2.67. The van der Waals surface area contributed by atoms with E-state index in [2.05, 4.69) is 16.3 Å². The minimum Gasteiger partial charge on any atom is -0.493 e. The fraction of sp³-hybridized carbons (Fsp3) is 0.400. The number of benzene rings is 2. The molecular weight excluding hydrogens is 497 g/mol. The largest absolute Gasteiger partial charge is 0.493 e. The van der Waals surface area contributed by atoms with Crippen LogP contribution in [0, 0.1) is 5.92 Å². The molecule has 12 heteroatoms. The fourth-order valence-corrected chi connectivity index (χ4v) is 4.02. The van der Waals surface area contributed by atoms with E-state index in [4.69, 9.17) is 24.5 Å². The first-order chi connectivity index (χ1) is 17.5. The number of Topliss-reactive ketones (excluding diaryl/α,β-unsaturated/α-hetero) is 1. The van der Waals surface area contributed by atoms with Crippen LogP contribution in [0.25, 0.3) is 0 Å². The predicted molar refractivity (Wildman–Crippen MR) is 127 cm³/mol. The van der Waals surface area contributed by atoms with Crippen LogP contribution in [0.3, 0.4) is 0 Å². The summed E-state index contributed by atoms with van der Waals surface area (Å²) in [6, 6.07) is 13.4. The van der Waals surface area contributed by atoms with Crippen LogP contribution in [-0.2, 0) is 9.59 Å². The molecule has 0 spiro atoms. The lowest BCUT2D eigenvalue weighted by molar-refractivity contribution is -0.192. The third-order valence-electron chi connectivity index (χ3n) is 5.95. The van der Waals surface area contributed by atoms with Gasteiger partial charge in [-0.25, -0.2) is 9.59 Å². The zero-order valence-electron chi connectivity index (χ0n) is 20.0. The number of alkyl halides is 3. The molecule has 2 atom stereocenters. The monoisotopic (exact) mass is 524 g/mol. The molecule has 2 aromatic carbocycles. The van der Waals surface area contributed by atoms with E-state index in [0.717, 1.165) is 49.4 Å². The second-order valence-electron chi connectivity index (χ2n) is 8.50. The van der Waals surface area contributed by atoms with Crippen molar-refractivity contribution in [3.05, 3.63) is 53.6 Å². The number of nitrogens with one attached hydrogen (secondary N) is 1. The Bertz CT molecular complexity index is 1130. The van der Waals surface area contributed by atoms with Crippen LogP contribution in [0.1, 0.15) is 28.3 Å². The van der Waals surface area contributed by atoms with Gasteiger partial charge in [-0.2, -0.15) is 13.2 Å². The average molecular weight is 524 g/mol. The van der Waals surface area contributed by atoms with Gasteiger partial charge in [-0.05, 0) is 42.2 Å². The molecule has 2 aromatic rings. The molecule has 1 heterocycles. The molecule has 200 valence electrons. The molecule has 2 aliphatic rings. The van der Waals surface area contributed by atoms with Crippen molar-refractivity contribution in [3.8, 4) is 11.5 Å². The Balaban J connectivity index is 0.000000479. The van der Waals surface area contributed by atoms with Crippen molar-refractivity contribution in [1.82, 2.24) is 5.32 Å². The molecule has 0 amide bonds. The highest BCUT2D eigenvalue weighted by atomic mass is 19.4. The maximum Gasteiger partial charge on any atom is 0.490 e. The maximum atomic E-state index is 13.1. The van der Waals surface area contributed by atoms with Crippen LogP contribution < -0.4 is 19.7 Å². The molecule has 2 fully saturated rings. The third kappa shape index (κ3) is 7.59. The highest BCUT2D eigenvalue weighted by Crippen LogP contribution is 2.50. The molecule has 0 unspecified atom stereocenters. The van der Waals surface area contributed by atoms with Gasteiger partial charge in [-0.15, -0.1) is 0 Å². The number of hydrogen-bond donors (Lipinski definition) is 3. The highest BCUT2D eigenvalue weighted by Gasteiger charge is 2.44. The normalized spacial score (nSPS) is 18.8. The number of rotatable bonds is 8. The number of carbonyl (C=O) groups excluding carboxylic acids is 1. The van der Waals surface area contributed by atoms with Crippen molar-refractivity contribution in [2.24, 2.45) is 5.92 Å². The second-order valence-corrected chi connectivity index (χ2v) is 8.50. The number of anilines is 1. The summed E-state index contributed by atoms with van der Waals surface area (Å²) >= 11 is 0. The van der Waals surface area contributed by atoms with Crippen LogP contribution in [0.15, 0.2) is 42.5 Å². The lowest BCUT2D eigenvalue weighted by Crippen LogP contribution is -2.43. The van der Waals surface area contributed by atoms with Crippen LogP contribution >= 0.6 is 0 Å². The van der Waals surface area contributed by atoms with E-state index in [1.807, 2.05) is 30.3 Å². The van der Waals surface area contributed by atoms with Crippen LogP contribution in [-0.4, -0.2) is 74.0 Å². The van der Waals surface area contributed by atoms with Crippen molar-refractivity contribution in [2.75, 3.05) is 44.8 Å². The number of carboxylic acids is 2. The van der Waals surface area contributed by atoms with Gasteiger partial charge in [0.2, 0.25) is 0 Å². The standard InChI is InChI=1S/C23H26N2O5.C2HF3O2/c1-29-21-12-15(5-6-20(21)30-14-22(26)27)18-13-19(18)23(28)16-3-2-4-17(11-16)25-9-7-24-8-10-25;3-2(4,5)1(6)7/h2-6,11-12,18-19,24H,7-10,13-14H2,1H3,(H,26,27);(H,6,7)/t18-,19+;/m0./s1. The van der Waals surface area contributed by atoms with E-state index in [0.29, 0.717) is 11.5 Å². The molecular formula is C25H27F3N2O7. The molecule has 1 aliphatic carbocycles. The molecule has 0 radical (unpaired) electrons. The Labute approximate surface area is 210 Å². The number of carbonyl (C=O) groups is 3. The molecule has 0 aromatic heterocycles. The van der Waals surface area contributed by atoms with E-state index in [1.54, 1.807) is 6.07 Å². The van der Waals surface area contributed by atoms with E-state index in [-0.39, 0.29) is 17.6 Å². The first-order valence-electron chi connectivity index (χ1n) is 11.4. The highest BCUT2D eigenvalue weighted by molar-refractivity contribution is 6.01. The van der Waals surface area contributed by atoms with Gasteiger partial charge < -0.3 is 29.9 Å². The molecule has 3 N–H and O–H groups in total. The minimum absolute atomic E-state index is 0.0428. The van der Waals surface area contributed by atoms with Gasteiger partial charge in [0.25, 0.3) is 0 Å². The van der Waals surface area contributed by atoms with Gasteiger partial charge in [0, 0.05) is 43.3 Å². The predicted octanol–water partition coefficient (Wildman–Crippen LogP) is 3.19. The topological polar surface area (TPSA) is 125 Å². The van der Waals surface area contributed by atoms with Crippen LogP contribution in [0.5, 0.6) is 11.5 Å². The Morgan fingerprint density at radius 1 is 1.05 bits per heavy atom. The molecule has 1 saturated carbocycles. The van der Waals surface area contributed by atoms with Gasteiger partial charge >= 0.3 is 18.1 Å². The molecule has 37 heavy (non-hydrogen) atoms. The molecule has 4 rings (SSSR count). The van der Waals surface area contributed by atoms with E-state index in [9.17, 15) is 22.8 Å². The van der Waals surface area contributed by atoms with Crippen molar-refractivity contribution < 1.29 is 47.2 Å². The lowest BCUT2D eigenvalue weighted by Gasteiger charge is -2.29. The maximum absolute atomic E-state index is 13.1. The summed E-state index contributed by atoms with van der Waals surface area (Å²) in [6.07, 6.45) is -4.28. The number of methoxy groups -OCH3 is 1. The average Bonchev–Trinajstić information content (AvgIpc) is 3.68. The quantitative estimate of drug-likeness (QED) is 0.447. The second kappa shape index (κ2) is 12.0. The number of ether oxygens (including phenoxy) is 2. The van der Waals surface area contributed by atoms with E-state index in [1.165, 1.54) is 7.11 Å². The van der Waals surface area contributed by atoms with E-state index < -0.39 is 24.7 Å². The summed E-state index contributed by atoms with van der Waals surface area (Å²) in [7, 11) is 1.52. The number of hydrogen-bond acceptors (Lipinski definition) is 7. The molecule has 1 aliphatic heterocycles. The summed E-state index contributed by atoms with van der Waals surface area (Å²) in [5.41, 5.74) is 2.86. The van der Waals surface area contributed by atoms with Crippen LogP contribution in [0.2, 0.25) is 0 Å². The van der Waals surface area contributed by atoms with Gasteiger partial charge in [-0.3, -0.25) is 4.79 Å². The first-order valence-corrected chi connectivity index (χ1v) is 11.4. The van der Waals surface area contributed by atoms with Gasteiger partial charge in [-0.1, -0.05) is 18.2 Å². The number of carboxylic acid groups (broad SMARTS) is 2. The van der Waals surface area contributed by atoms with E-state index >= 15 is 0 Å². The Hall–Kier alpha value is -3.80. The molecule has 0 bridgehead atoms. The van der Waals surface area contributed by atoms with Crippen molar-refractivity contribution in [2.45, 2.75) is 18.5 Å². The SMILES string of the molecule is COc1cc([C@@H]2C[C@H]2C(=O)c2cccc(N3CCNCC3)c2)ccc1OCC(=O)O.O=C(O)C(F)(F)F. The van der Waals surface area contributed by atoms with Crippen molar-refractivity contribution in [3.63, 3.8) is 0 Å². The number of nitrogens with zero attached hydrogens (tertiary/aromatic N) is 1. The minimum atomic E-state index is -5.08. The number of piperazine rings is 1. The first kappa shape index (κ1) is 27.8. The summed E-state index contributed by atoms with van der Waals surface area (Å²) < 4.78 is 42.3. The summed E-state index contributed by atoms with van der Waals surface area (Å²) in [5, 5.41) is 19.3.